The molecule has 0 aliphatic heterocycles. The van der Waals surface area contributed by atoms with E-state index in [1.807, 2.05) is 4.57 Å². The molecule has 0 saturated carbocycles. The molecule has 0 amide bonds. The highest BCUT2D eigenvalue weighted by molar-refractivity contribution is 5.71. The van der Waals surface area contributed by atoms with E-state index < -0.39 is 4.92 Å². The first-order chi connectivity index (χ1) is 9.72. The summed E-state index contributed by atoms with van der Waals surface area (Å²) < 4.78 is 1.81. The topological polar surface area (TPSA) is 99.0 Å². The number of hydrazine groups is 1. The number of nitrogens with one attached hydrogen (secondary N) is 1. The first-order valence-corrected chi connectivity index (χ1v) is 6.52. The summed E-state index contributed by atoms with van der Waals surface area (Å²) in [6, 6.07) is 5.05. The lowest BCUT2D eigenvalue weighted by Gasteiger charge is -2.15. The Morgan fingerprint density at radius 2 is 2.15 bits per heavy atom. The van der Waals surface area contributed by atoms with E-state index in [1.165, 1.54) is 0 Å². The number of anilines is 1. The molecule has 7 heteroatoms. The molecule has 7 nitrogen and oxygen atoms in total. The summed E-state index contributed by atoms with van der Waals surface area (Å²) in [4.78, 5) is 15.3. The van der Waals surface area contributed by atoms with Crippen LogP contribution in [-0.2, 0) is 12.8 Å². The van der Waals surface area contributed by atoms with Crippen molar-refractivity contribution in [3.05, 3.63) is 46.0 Å². The maximum atomic E-state index is 11.3. The maximum Gasteiger partial charge on any atom is 0.317 e. The molecule has 3 rings (SSSR count). The predicted molar refractivity (Wildman–Crippen MR) is 74.7 cm³/mol. The average molecular weight is 273 g/mol. The van der Waals surface area contributed by atoms with Crippen molar-refractivity contribution in [1.82, 2.24) is 9.55 Å². The third kappa shape index (κ3) is 1.92. The van der Waals surface area contributed by atoms with E-state index in [0.717, 1.165) is 37.1 Å². The molecule has 0 bridgehead atoms. The molecule has 0 fully saturated rings. The fourth-order valence-corrected chi connectivity index (χ4v) is 2.71. The first kappa shape index (κ1) is 12.6. The van der Waals surface area contributed by atoms with E-state index >= 15 is 0 Å². The molecule has 104 valence electrons. The zero-order valence-electron chi connectivity index (χ0n) is 10.9. The Labute approximate surface area is 115 Å². The number of benzene rings is 1. The Morgan fingerprint density at radius 1 is 1.35 bits per heavy atom. The number of para-hydroxylation sites is 1. The summed E-state index contributed by atoms with van der Waals surface area (Å²) in [5, 5.41) is 11.3. The Hall–Kier alpha value is -2.41. The predicted octanol–water partition coefficient (Wildman–Crippen LogP) is 1.94. The molecular weight excluding hydrogens is 258 g/mol. The second-order valence-electron chi connectivity index (χ2n) is 4.79. The summed E-state index contributed by atoms with van der Waals surface area (Å²) >= 11 is 0. The van der Waals surface area contributed by atoms with Crippen LogP contribution in [0.2, 0.25) is 0 Å². The van der Waals surface area contributed by atoms with Gasteiger partial charge in [0.05, 0.1) is 16.9 Å². The molecule has 0 atom stereocenters. The second kappa shape index (κ2) is 4.93. The number of hydrogen-bond acceptors (Lipinski definition) is 5. The molecule has 1 aliphatic rings. The van der Waals surface area contributed by atoms with E-state index in [9.17, 15) is 10.1 Å². The van der Waals surface area contributed by atoms with Gasteiger partial charge in [-0.1, -0.05) is 6.07 Å². The van der Waals surface area contributed by atoms with Gasteiger partial charge in [0.2, 0.25) is 0 Å². The number of hydrogen-bond donors (Lipinski definition) is 2. The molecule has 20 heavy (non-hydrogen) atoms. The van der Waals surface area contributed by atoms with Gasteiger partial charge in [0.1, 0.15) is 11.4 Å². The summed E-state index contributed by atoms with van der Waals surface area (Å²) in [6.07, 6.45) is 5.70. The van der Waals surface area contributed by atoms with E-state index in [1.54, 1.807) is 24.5 Å². The molecule has 1 aromatic carbocycles. The van der Waals surface area contributed by atoms with Crippen LogP contribution in [0.15, 0.2) is 24.5 Å². The number of aryl methyl sites for hydroxylation is 1. The molecule has 1 aliphatic carbocycles. The van der Waals surface area contributed by atoms with Crippen LogP contribution >= 0.6 is 0 Å². The Kier molecular flexibility index (Phi) is 3.11. The molecule has 0 radical (unpaired) electrons. The number of nitrogen functional groups attached to an aromatic ring is 1. The number of rotatable bonds is 3. The van der Waals surface area contributed by atoms with Crippen molar-refractivity contribution in [2.75, 3.05) is 5.43 Å². The minimum Gasteiger partial charge on any atom is -0.318 e. The molecule has 0 saturated heterocycles. The summed E-state index contributed by atoms with van der Waals surface area (Å²) in [6.45, 7) is 0. The lowest BCUT2D eigenvalue weighted by molar-refractivity contribution is -0.383. The van der Waals surface area contributed by atoms with Crippen LogP contribution in [0.1, 0.15) is 24.2 Å². The van der Waals surface area contributed by atoms with Crippen LogP contribution in [0.25, 0.3) is 5.69 Å². The number of aromatic nitrogens is 2. The number of nitrogens with two attached hydrogens (primary N) is 1. The fourth-order valence-electron chi connectivity index (χ4n) is 2.71. The SMILES string of the molecule is NNc1cccc(-n2cnc3c2CCCC3)c1[N+](=O)[O-]. The van der Waals surface area contributed by atoms with E-state index in [0.29, 0.717) is 11.4 Å². The lowest BCUT2D eigenvalue weighted by Crippen LogP contribution is -2.12. The van der Waals surface area contributed by atoms with Gasteiger partial charge in [-0.25, -0.2) is 4.98 Å². The lowest BCUT2D eigenvalue weighted by atomic mass is 10.0. The van der Waals surface area contributed by atoms with Crippen LogP contribution in [-0.4, -0.2) is 14.5 Å². The van der Waals surface area contributed by atoms with Crippen LogP contribution in [0, 0.1) is 10.1 Å². The van der Waals surface area contributed by atoms with E-state index in [4.69, 9.17) is 5.84 Å². The summed E-state index contributed by atoms with van der Waals surface area (Å²) in [7, 11) is 0. The average Bonchev–Trinajstić information content (AvgIpc) is 2.90. The molecule has 1 aromatic heterocycles. The molecule has 0 unspecified atom stereocenters. The normalized spacial score (nSPS) is 13.8. The Balaban J connectivity index is 2.20. The first-order valence-electron chi connectivity index (χ1n) is 6.52. The zero-order valence-corrected chi connectivity index (χ0v) is 10.9. The van der Waals surface area contributed by atoms with E-state index in [2.05, 4.69) is 10.4 Å². The number of nitro groups is 1. The van der Waals surface area contributed by atoms with Gasteiger partial charge in [0.15, 0.2) is 0 Å². The minimum atomic E-state index is -0.417. The van der Waals surface area contributed by atoms with Gasteiger partial charge in [-0.15, -0.1) is 0 Å². The third-order valence-electron chi connectivity index (χ3n) is 3.64. The smallest absolute Gasteiger partial charge is 0.317 e. The van der Waals surface area contributed by atoms with Gasteiger partial charge in [0.25, 0.3) is 0 Å². The Morgan fingerprint density at radius 3 is 2.90 bits per heavy atom. The third-order valence-corrected chi connectivity index (χ3v) is 3.64. The molecule has 3 N–H and O–H groups in total. The maximum absolute atomic E-state index is 11.3. The number of nitro benzene ring substituents is 1. The monoisotopic (exact) mass is 273 g/mol. The molecule has 0 spiro atoms. The van der Waals surface area contributed by atoms with Crippen molar-refractivity contribution >= 4 is 11.4 Å². The van der Waals surface area contributed by atoms with Gasteiger partial charge >= 0.3 is 5.69 Å². The molecule has 1 heterocycles. The van der Waals surface area contributed by atoms with Gasteiger partial charge in [-0.3, -0.25) is 20.5 Å². The number of fused-ring (bicyclic) bond motifs is 1. The molecule has 2 aromatic rings. The standard InChI is InChI=1S/C13H15N5O2/c14-16-10-5-3-7-12(13(10)18(19)20)17-8-15-9-4-1-2-6-11(9)17/h3,5,7-8,16H,1-2,4,6,14H2. The van der Waals surface area contributed by atoms with Crippen LogP contribution in [0.5, 0.6) is 0 Å². The van der Waals surface area contributed by atoms with Crippen molar-refractivity contribution in [1.29, 1.82) is 0 Å². The largest absolute Gasteiger partial charge is 0.318 e. The number of nitrogens with zero attached hydrogens (tertiary/aromatic N) is 3. The Bertz CT molecular complexity index is 665. The summed E-state index contributed by atoms with van der Waals surface area (Å²) in [5.41, 5.74) is 5.26. The highest BCUT2D eigenvalue weighted by atomic mass is 16.6. The van der Waals surface area contributed by atoms with Crippen molar-refractivity contribution in [2.24, 2.45) is 5.84 Å². The van der Waals surface area contributed by atoms with Crippen LogP contribution < -0.4 is 11.3 Å². The molecular formula is C13H15N5O2. The van der Waals surface area contributed by atoms with Crippen LogP contribution in [0.4, 0.5) is 11.4 Å². The quantitative estimate of drug-likeness (QED) is 0.506. The van der Waals surface area contributed by atoms with Crippen LogP contribution in [0.3, 0.4) is 0 Å². The van der Waals surface area contributed by atoms with Crippen molar-refractivity contribution < 1.29 is 4.92 Å². The number of imidazole rings is 1. The van der Waals surface area contributed by atoms with Crippen molar-refractivity contribution in [2.45, 2.75) is 25.7 Å². The zero-order chi connectivity index (χ0) is 14.1. The van der Waals surface area contributed by atoms with E-state index in [-0.39, 0.29) is 5.69 Å². The van der Waals surface area contributed by atoms with Gasteiger partial charge < -0.3 is 5.43 Å². The highest BCUT2D eigenvalue weighted by Gasteiger charge is 2.24. The van der Waals surface area contributed by atoms with Crippen molar-refractivity contribution in [3.8, 4) is 5.69 Å². The van der Waals surface area contributed by atoms with Crippen molar-refractivity contribution in [3.63, 3.8) is 0 Å². The van der Waals surface area contributed by atoms with Gasteiger partial charge in [-0.05, 0) is 37.8 Å². The second-order valence-corrected chi connectivity index (χ2v) is 4.79. The van der Waals surface area contributed by atoms with Gasteiger partial charge in [-0.2, -0.15) is 0 Å². The minimum absolute atomic E-state index is 0.0271. The fraction of sp³-hybridized carbons (Fsp3) is 0.308. The van der Waals surface area contributed by atoms with Gasteiger partial charge in [0, 0.05) is 5.69 Å². The summed E-state index contributed by atoms with van der Waals surface area (Å²) in [5.74, 6) is 5.37. The highest BCUT2D eigenvalue weighted by Crippen LogP contribution is 2.33.